The van der Waals surface area contributed by atoms with Crippen LogP contribution in [0.25, 0.3) is 0 Å². The van der Waals surface area contributed by atoms with Gasteiger partial charge in [0.2, 0.25) is 0 Å². The Morgan fingerprint density at radius 2 is 2.50 bits per heavy atom. The summed E-state index contributed by atoms with van der Waals surface area (Å²) in [5, 5.41) is 1.29. The molecule has 0 saturated carbocycles. The van der Waals surface area contributed by atoms with E-state index in [2.05, 4.69) is 23.7 Å². The van der Waals surface area contributed by atoms with Crippen LogP contribution in [0.3, 0.4) is 0 Å². The van der Waals surface area contributed by atoms with Gasteiger partial charge in [0.15, 0.2) is 0 Å². The lowest BCUT2D eigenvalue weighted by molar-refractivity contribution is 0.271. The average Bonchev–Trinajstić information content (AvgIpc) is 2.95. The molecule has 2 rings (SSSR count). The van der Waals surface area contributed by atoms with Gasteiger partial charge in [0.05, 0.1) is 6.04 Å². The molecule has 1 aliphatic rings. The minimum absolute atomic E-state index is 0.447. The molecule has 0 amide bonds. The van der Waals surface area contributed by atoms with E-state index in [9.17, 15) is 0 Å². The predicted molar refractivity (Wildman–Crippen MR) is 68.8 cm³/mol. The number of rotatable bonds is 4. The summed E-state index contributed by atoms with van der Waals surface area (Å²) in [7, 11) is 0. The quantitative estimate of drug-likeness (QED) is 0.877. The van der Waals surface area contributed by atoms with Gasteiger partial charge >= 0.3 is 0 Å². The molecule has 16 heavy (non-hydrogen) atoms. The van der Waals surface area contributed by atoms with Crippen LogP contribution in [-0.4, -0.2) is 29.5 Å². The third kappa shape index (κ3) is 2.29. The lowest BCUT2D eigenvalue weighted by Crippen LogP contribution is -2.22. The predicted octanol–water partition coefficient (Wildman–Crippen LogP) is 2.36. The molecule has 3 nitrogen and oxygen atoms in total. The summed E-state index contributed by atoms with van der Waals surface area (Å²) in [6.45, 7) is 7.47. The first-order valence-electron chi connectivity index (χ1n) is 6.16. The van der Waals surface area contributed by atoms with Gasteiger partial charge in [-0.1, -0.05) is 13.8 Å². The molecule has 1 aromatic heterocycles. The highest BCUT2D eigenvalue weighted by atomic mass is 32.1. The van der Waals surface area contributed by atoms with Gasteiger partial charge in [0.1, 0.15) is 5.01 Å². The summed E-state index contributed by atoms with van der Waals surface area (Å²) in [5.74, 6) is 0.447. The lowest BCUT2D eigenvalue weighted by atomic mass is 10.2. The molecule has 0 aromatic carbocycles. The van der Waals surface area contributed by atoms with Gasteiger partial charge in [-0.2, -0.15) is 0 Å². The maximum absolute atomic E-state index is 5.69. The molecule has 4 heteroatoms. The molecule has 0 radical (unpaired) electrons. The van der Waals surface area contributed by atoms with E-state index < -0.39 is 0 Å². The third-order valence-electron chi connectivity index (χ3n) is 3.44. The van der Waals surface area contributed by atoms with E-state index in [1.165, 1.54) is 29.3 Å². The van der Waals surface area contributed by atoms with Crippen molar-refractivity contribution in [2.75, 3.05) is 19.6 Å². The van der Waals surface area contributed by atoms with Crippen molar-refractivity contribution in [1.29, 1.82) is 0 Å². The number of thiazole rings is 1. The van der Waals surface area contributed by atoms with Crippen molar-refractivity contribution < 1.29 is 0 Å². The van der Waals surface area contributed by atoms with Crippen molar-refractivity contribution in [3.8, 4) is 0 Å². The summed E-state index contributed by atoms with van der Waals surface area (Å²) in [6, 6.07) is 0.564. The molecule has 2 N–H and O–H groups in total. The molecule has 1 aliphatic heterocycles. The van der Waals surface area contributed by atoms with Crippen LogP contribution in [-0.2, 0) is 0 Å². The van der Waals surface area contributed by atoms with Gasteiger partial charge in [-0.3, -0.25) is 4.90 Å². The molecule has 2 atom stereocenters. The van der Waals surface area contributed by atoms with E-state index in [-0.39, 0.29) is 0 Å². The van der Waals surface area contributed by atoms with E-state index in [1.54, 1.807) is 0 Å². The van der Waals surface area contributed by atoms with Crippen molar-refractivity contribution in [3.05, 3.63) is 16.1 Å². The molecule has 2 heterocycles. The van der Waals surface area contributed by atoms with Crippen LogP contribution in [0.4, 0.5) is 0 Å². The maximum atomic E-state index is 5.69. The fourth-order valence-corrected chi connectivity index (χ4v) is 3.44. The second-order valence-electron chi connectivity index (χ2n) is 4.52. The molecule has 0 aliphatic carbocycles. The largest absolute Gasteiger partial charge is 0.330 e. The molecule has 90 valence electrons. The van der Waals surface area contributed by atoms with Gasteiger partial charge in [0, 0.05) is 17.0 Å². The average molecular weight is 239 g/mol. The van der Waals surface area contributed by atoms with Crippen LogP contribution < -0.4 is 5.73 Å². The van der Waals surface area contributed by atoms with E-state index >= 15 is 0 Å². The first-order valence-corrected chi connectivity index (χ1v) is 6.97. The van der Waals surface area contributed by atoms with Crippen LogP contribution in [0.15, 0.2) is 6.20 Å². The van der Waals surface area contributed by atoms with Crippen LogP contribution in [0, 0.1) is 0 Å². The molecule has 2 unspecified atom stereocenters. The molecule has 1 saturated heterocycles. The second-order valence-corrected chi connectivity index (χ2v) is 5.62. The minimum atomic E-state index is 0.447. The summed E-state index contributed by atoms with van der Waals surface area (Å²) >= 11 is 1.85. The Hall–Kier alpha value is -0.450. The summed E-state index contributed by atoms with van der Waals surface area (Å²) in [6.07, 6.45) is 4.58. The number of hydrogen-bond acceptors (Lipinski definition) is 4. The number of hydrogen-bond donors (Lipinski definition) is 1. The van der Waals surface area contributed by atoms with Crippen molar-refractivity contribution in [3.63, 3.8) is 0 Å². The highest BCUT2D eigenvalue weighted by Crippen LogP contribution is 2.35. The fourth-order valence-electron chi connectivity index (χ4n) is 2.28. The maximum Gasteiger partial charge on any atom is 0.110 e. The zero-order valence-electron chi connectivity index (χ0n) is 10.1. The monoisotopic (exact) mass is 239 g/mol. The van der Waals surface area contributed by atoms with Crippen LogP contribution >= 0.6 is 11.3 Å². The van der Waals surface area contributed by atoms with Gasteiger partial charge < -0.3 is 5.73 Å². The summed E-state index contributed by atoms with van der Waals surface area (Å²) in [5.41, 5.74) is 5.69. The third-order valence-corrected chi connectivity index (χ3v) is 4.77. The van der Waals surface area contributed by atoms with Crippen LogP contribution in [0.1, 0.15) is 48.5 Å². The number of aromatic nitrogens is 1. The van der Waals surface area contributed by atoms with Crippen molar-refractivity contribution in [2.45, 2.75) is 38.6 Å². The first kappa shape index (κ1) is 12.0. The van der Waals surface area contributed by atoms with Crippen molar-refractivity contribution in [1.82, 2.24) is 9.88 Å². The molecular formula is C12H21N3S. The van der Waals surface area contributed by atoms with E-state index in [0.29, 0.717) is 18.5 Å². The smallest absolute Gasteiger partial charge is 0.110 e. The van der Waals surface area contributed by atoms with E-state index in [0.717, 1.165) is 6.54 Å². The Morgan fingerprint density at radius 3 is 3.19 bits per heavy atom. The van der Waals surface area contributed by atoms with Gasteiger partial charge in [-0.15, -0.1) is 11.3 Å². The Bertz CT molecular complexity index is 337. The Morgan fingerprint density at radius 1 is 1.69 bits per heavy atom. The summed E-state index contributed by atoms with van der Waals surface area (Å²) in [4.78, 5) is 8.44. The zero-order valence-corrected chi connectivity index (χ0v) is 11.0. The molecule has 0 spiro atoms. The van der Waals surface area contributed by atoms with Gasteiger partial charge in [0.25, 0.3) is 0 Å². The number of nitrogens with zero attached hydrogens (tertiary/aromatic N) is 2. The zero-order chi connectivity index (χ0) is 11.5. The molecular weight excluding hydrogens is 218 g/mol. The Balaban J connectivity index is 2.12. The highest BCUT2D eigenvalue weighted by Gasteiger charge is 2.27. The Labute approximate surface area is 102 Å². The molecule has 0 bridgehead atoms. The first-order chi connectivity index (χ1) is 7.76. The van der Waals surface area contributed by atoms with Gasteiger partial charge in [-0.05, 0) is 32.5 Å². The molecule has 1 aromatic rings. The van der Waals surface area contributed by atoms with E-state index in [1.807, 2.05) is 17.5 Å². The normalized spacial score (nSPS) is 23.8. The van der Waals surface area contributed by atoms with E-state index in [4.69, 9.17) is 5.73 Å². The number of likely N-dealkylation sites (tertiary alicyclic amines) is 1. The molecule has 1 fully saturated rings. The summed E-state index contributed by atoms with van der Waals surface area (Å²) < 4.78 is 0. The lowest BCUT2D eigenvalue weighted by Gasteiger charge is -2.20. The van der Waals surface area contributed by atoms with Crippen LogP contribution in [0.5, 0.6) is 0 Å². The number of nitrogens with two attached hydrogens (primary N) is 1. The fraction of sp³-hybridized carbons (Fsp3) is 0.750. The highest BCUT2D eigenvalue weighted by molar-refractivity contribution is 7.11. The van der Waals surface area contributed by atoms with Crippen LogP contribution in [0.2, 0.25) is 0 Å². The minimum Gasteiger partial charge on any atom is -0.330 e. The Kier molecular flexibility index (Phi) is 3.95. The second kappa shape index (κ2) is 5.25. The van der Waals surface area contributed by atoms with Gasteiger partial charge in [-0.25, -0.2) is 4.98 Å². The SMILES string of the molecule is CCN1CCCC1c1ncc(C(C)CN)s1. The topological polar surface area (TPSA) is 42.2 Å². The van der Waals surface area contributed by atoms with Crippen molar-refractivity contribution in [2.24, 2.45) is 5.73 Å². The standard InChI is InChI=1S/C12H21N3S/c1-3-15-6-4-5-10(15)12-14-8-11(16-12)9(2)7-13/h8-10H,3-7,13H2,1-2H3. The van der Waals surface area contributed by atoms with Crippen molar-refractivity contribution >= 4 is 11.3 Å².